The third kappa shape index (κ3) is 6.56. The lowest BCUT2D eigenvalue weighted by molar-refractivity contribution is -0.144. The summed E-state index contributed by atoms with van der Waals surface area (Å²) in [4.78, 5) is 16.3. The van der Waals surface area contributed by atoms with Gasteiger partial charge in [-0.1, -0.05) is 32.9 Å². The summed E-state index contributed by atoms with van der Waals surface area (Å²) in [5, 5.41) is 28.7. The fourth-order valence-corrected chi connectivity index (χ4v) is 6.10. The molecule has 6 atom stereocenters. The van der Waals surface area contributed by atoms with Gasteiger partial charge in [0.2, 0.25) is 0 Å². The second kappa shape index (κ2) is 11.7. The van der Waals surface area contributed by atoms with E-state index in [0.717, 1.165) is 5.56 Å². The third-order valence-corrected chi connectivity index (χ3v) is 8.54. The maximum absolute atomic E-state index is 14.0. The van der Waals surface area contributed by atoms with Gasteiger partial charge < -0.3 is 29.9 Å². The molecule has 4 rings (SSSR count). The quantitative estimate of drug-likeness (QED) is 0.200. The van der Waals surface area contributed by atoms with E-state index in [0.29, 0.717) is 11.2 Å². The van der Waals surface area contributed by atoms with E-state index in [4.69, 9.17) is 24.3 Å². The number of aliphatic hydroxyl groups excluding tert-OH is 2. The van der Waals surface area contributed by atoms with E-state index in [1.165, 1.54) is 24.7 Å². The van der Waals surface area contributed by atoms with Gasteiger partial charge >= 0.3 is 13.7 Å². The summed E-state index contributed by atoms with van der Waals surface area (Å²) in [6.45, 7) is 10.5. The topological polar surface area (TPSA) is 180 Å². The average Bonchev–Trinajstić information content (AvgIpc) is 3.43. The second-order valence-electron chi connectivity index (χ2n) is 11.2. The van der Waals surface area contributed by atoms with E-state index < -0.39 is 50.3 Å². The van der Waals surface area contributed by atoms with Crippen LogP contribution in [0.1, 0.15) is 58.9 Å². The minimum Gasteiger partial charge on any atom is -0.465 e. The number of aromatic nitrogens is 3. The molecule has 1 saturated heterocycles. The zero-order valence-corrected chi connectivity index (χ0v) is 24.9. The number of aliphatic hydroxyl groups is 2. The predicted octanol–water partition coefficient (Wildman–Crippen LogP) is 2.91. The molecule has 3 aromatic rings. The molecule has 1 fully saturated rings. The van der Waals surface area contributed by atoms with Crippen LogP contribution in [0.3, 0.4) is 0 Å². The molecule has 14 heteroatoms. The van der Waals surface area contributed by atoms with Gasteiger partial charge in [-0.15, -0.1) is 0 Å². The van der Waals surface area contributed by atoms with Gasteiger partial charge in [-0.3, -0.25) is 9.32 Å². The van der Waals surface area contributed by atoms with E-state index in [1.54, 1.807) is 31.2 Å². The van der Waals surface area contributed by atoms with Crippen LogP contribution < -0.4 is 15.3 Å². The first-order valence-electron chi connectivity index (χ1n) is 13.3. The molecule has 224 valence electrons. The molecular weight excluding hydrogens is 553 g/mol. The van der Waals surface area contributed by atoms with Crippen LogP contribution in [0, 0.1) is 0 Å². The predicted molar refractivity (Wildman–Crippen MR) is 150 cm³/mol. The zero-order chi connectivity index (χ0) is 30.2. The van der Waals surface area contributed by atoms with Crippen LogP contribution in [0.5, 0.6) is 5.75 Å². The molecule has 1 aliphatic rings. The summed E-state index contributed by atoms with van der Waals surface area (Å²) in [7, 11) is -4.26. The number of ether oxygens (including phenoxy) is 2. The third-order valence-electron chi connectivity index (χ3n) is 6.92. The van der Waals surface area contributed by atoms with Crippen molar-refractivity contribution < 1.29 is 38.1 Å². The van der Waals surface area contributed by atoms with Crippen molar-refractivity contribution in [3.05, 3.63) is 54.0 Å². The number of fused-ring (bicyclic) bond motifs is 1. The minimum atomic E-state index is -4.26. The molecule has 41 heavy (non-hydrogen) atoms. The zero-order valence-electron chi connectivity index (χ0n) is 24.0. The monoisotopic (exact) mass is 591 g/mol. The molecule has 0 bridgehead atoms. The van der Waals surface area contributed by atoms with Gasteiger partial charge in [0.1, 0.15) is 47.5 Å². The number of nitrogens with one attached hydrogen (secondary N) is 1. The average molecular weight is 592 g/mol. The summed E-state index contributed by atoms with van der Waals surface area (Å²) < 4.78 is 38.2. The summed E-state index contributed by atoms with van der Waals surface area (Å²) in [5.41, 5.74) is 6.25. The number of benzene rings is 1. The lowest BCUT2D eigenvalue weighted by atomic mass is 9.87. The molecule has 0 spiro atoms. The smallest absolute Gasteiger partial charge is 0.459 e. The van der Waals surface area contributed by atoms with E-state index in [2.05, 4.69) is 35.9 Å². The first-order chi connectivity index (χ1) is 19.2. The molecule has 1 aromatic carbocycles. The van der Waals surface area contributed by atoms with Crippen LogP contribution in [-0.2, 0) is 28.8 Å². The number of hydrogen-bond donors (Lipinski definition) is 4. The molecular formula is C27H38N5O8P. The number of nitrogens with zero attached hydrogens (tertiary/aromatic N) is 3. The van der Waals surface area contributed by atoms with Crippen molar-refractivity contribution in [2.75, 3.05) is 18.9 Å². The van der Waals surface area contributed by atoms with Crippen LogP contribution in [0.15, 0.2) is 42.7 Å². The van der Waals surface area contributed by atoms with Crippen molar-refractivity contribution in [3.63, 3.8) is 0 Å². The molecule has 0 aliphatic carbocycles. The van der Waals surface area contributed by atoms with E-state index >= 15 is 0 Å². The van der Waals surface area contributed by atoms with Crippen molar-refractivity contribution in [3.8, 4) is 5.75 Å². The Morgan fingerprint density at radius 3 is 2.56 bits per heavy atom. The van der Waals surface area contributed by atoms with Gasteiger partial charge in [-0.25, -0.2) is 14.1 Å². The first-order valence-corrected chi connectivity index (χ1v) is 14.8. The van der Waals surface area contributed by atoms with Crippen LogP contribution >= 0.6 is 7.75 Å². The molecule has 3 heterocycles. The highest BCUT2D eigenvalue weighted by Gasteiger charge is 2.54. The molecule has 0 amide bonds. The Bertz CT molecular complexity index is 1430. The molecule has 1 unspecified atom stereocenters. The van der Waals surface area contributed by atoms with Crippen molar-refractivity contribution in [2.45, 2.75) is 76.9 Å². The minimum absolute atomic E-state index is 0.111. The van der Waals surface area contributed by atoms with Gasteiger partial charge in [0.15, 0.2) is 5.82 Å². The summed E-state index contributed by atoms with van der Waals surface area (Å²) in [6, 6.07) is 9.28. The lowest BCUT2D eigenvalue weighted by Crippen LogP contribution is -2.45. The number of hydrogen-bond acceptors (Lipinski definition) is 11. The Labute approximate surface area is 238 Å². The highest BCUT2D eigenvalue weighted by molar-refractivity contribution is 7.52. The number of carbonyl (C=O) groups excluding carboxylic acids is 1. The Balaban J connectivity index is 1.57. The maximum atomic E-state index is 14.0. The van der Waals surface area contributed by atoms with Crippen LogP contribution in [-0.4, -0.2) is 67.8 Å². The lowest BCUT2D eigenvalue weighted by Gasteiger charge is -2.30. The van der Waals surface area contributed by atoms with Crippen molar-refractivity contribution in [1.82, 2.24) is 19.7 Å². The van der Waals surface area contributed by atoms with Gasteiger partial charge in [-0.05, 0) is 56.0 Å². The number of nitrogen functional groups attached to an aromatic ring is 1. The summed E-state index contributed by atoms with van der Waals surface area (Å²) in [6.07, 6.45) is -2.58. The number of nitrogens with two attached hydrogens (primary N) is 1. The van der Waals surface area contributed by atoms with E-state index in [9.17, 15) is 19.6 Å². The van der Waals surface area contributed by atoms with Crippen molar-refractivity contribution in [2.24, 2.45) is 0 Å². The van der Waals surface area contributed by atoms with Crippen molar-refractivity contribution in [1.29, 1.82) is 0 Å². The van der Waals surface area contributed by atoms with Crippen LogP contribution in [0.25, 0.3) is 5.52 Å². The molecule has 0 saturated carbocycles. The maximum Gasteiger partial charge on any atom is 0.459 e. The number of rotatable bonds is 10. The molecule has 2 aromatic heterocycles. The molecule has 13 nitrogen and oxygen atoms in total. The van der Waals surface area contributed by atoms with Gasteiger partial charge in [0.25, 0.3) is 0 Å². The number of anilines is 1. The van der Waals surface area contributed by atoms with Crippen molar-refractivity contribution >= 4 is 25.1 Å². The van der Waals surface area contributed by atoms with Gasteiger partial charge in [0, 0.05) is 0 Å². The fourth-order valence-electron chi connectivity index (χ4n) is 4.51. The molecule has 5 N–H and O–H groups in total. The second-order valence-corrected chi connectivity index (χ2v) is 12.9. The summed E-state index contributed by atoms with van der Waals surface area (Å²) in [5.74, 6) is -0.179. The standard InChI is InChI=1S/C27H38N5O8P/c1-7-37-25(35)16(2)31-41(36,40-18-10-8-17(9-11-18)26(3,4)5)38-14-27(6)23(34)21(33)22(39-27)19-12-13-20-24(28)29-15-30-32(19)20/h8-13,15-16,21-23,33-34H,7,14H2,1-6H3,(H,31,36)(H2,28,29,30)/t16-,21-,22-,23-,27+,41?/m0/s1. The Morgan fingerprint density at radius 2 is 1.93 bits per heavy atom. The number of esters is 1. The fraction of sp³-hybridized carbons (Fsp3) is 0.519. The van der Waals surface area contributed by atoms with Crippen LogP contribution in [0.2, 0.25) is 0 Å². The van der Waals surface area contributed by atoms with Crippen LogP contribution in [0.4, 0.5) is 5.82 Å². The van der Waals surface area contributed by atoms with Gasteiger partial charge in [0.05, 0.1) is 18.9 Å². The highest BCUT2D eigenvalue weighted by Crippen LogP contribution is 2.48. The Hall–Kier alpha value is -3.06. The SMILES string of the molecule is CCOC(=O)[C@H](C)NP(=O)(OC[C@@]1(C)O[C@@H](c2ccc3c(N)ncnn23)[C@H](O)[C@@H]1O)Oc1ccc(C(C)(C)C)cc1. The largest absolute Gasteiger partial charge is 0.465 e. The molecule has 0 radical (unpaired) electrons. The first kappa shape index (κ1) is 30.9. The van der Waals surface area contributed by atoms with E-state index in [-0.39, 0.29) is 23.6 Å². The normalized spacial score (nSPS) is 25.1. The molecule has 1 aliphatic heterocycles. The highest BCUT2D eigenvalue weighted by atomic mass is 31.2. The Morgan fingerprint density at radius 1 is 1.24 bits per heavy atom. The summed E-state index contributed by atoms with van der Waals surface area (Å²) >= 11 is 0. The Kier molecular flexibility index (Phi) is 8.79. The number of carbonyl (C=O) groups is 1. The van der Waals surface area contributed by atoms with Gasteiger partial charge in [-0.2, -0.15) is 10.2 Å². The van der Waals surface area contributed by atoms with E-state index in [1.807, 2.05) is 12.1 Å².